The second-order valence-corrected chi connectivity index (χ2v) is 3.90. The number of rotatable bonds is 2. The third-order valence-electron chi connectivity index (χ3n) is 2.62. The van der Waals surface area contributed by atoms with Crippen LogP contribution in [0.3, 0.4) is 0 Å². The summed E-state index contributed by atoms with van der Waals surface area (Å²) in [6.07, 6.45) is 0.480. The molecule has 0 N–H and O–H groups in total. The minimum atomic E-state index is 0.480. The summed E-state index contributed by atoms with van der Waals surface area (Å²) in [5.41, 5.74) is 4.75. The number of nitriles is 1. The fourth-order valence-corrected chi connectivity index (χ4v) is 1.65. The van der Waals surface area contributed by atoms with Crippen LogP contribution in [-0.2, 0) is 6.42 Å². The van der Waals surface area contributed by atoms with E-state index in [1.165, 1.54) is 16.7 Å². The van der Waals surface area contributed by atoms with Gasteiger partial charge in [-0.2, -0.15) is 5.26 Å². The molecule has 2 rings (SSSR count). The zero-order valence-electron chi connectivity index (χ0n) is 11.3. The standard InChI is InChI=1S/C15H13N.C2H6/c1-12-2-6-14(7-3-12)15-8-4-13(5-9-15)10-11-16;1-2/h2-9H,10H2,1H3;1-2H3. The third-order valence-corrected chi connectivity index (χ3v) is 2.62. The van der Waals surface area contributed by atoms with E-state index in [9.17, 15) is 0 Å². The van der Waals surface area contributed by atoms with Crippen LogP contribution in [0.25, 0.3) is 11.1 Å². The second-order valence-electron chi connectivity index (χ2n) is 3.90. The quantitative estimate of drug-likeness (QED) is 0.739. The van der Waals surface area contributed by atoms with E-state index in [0.717, 1.165) is 5.56 Å². The Morgan fingerprint density at radius 1 is 0.833 bits per heavy atom. The van der Waals surface area contributed by atoms with Crippen molar-refractivity contribution in [1.82, 2.24) is 0 Å². The van der Waals surface area contributed by atoms with Crippen molar-refractivity contribution in [3.63, 3.8) is 0 Å². The number of hydrogen-bond donors (Lipinski definition) is 0. The lowest BCUT2D eigenvalue weighted by Gasteiger charge is -2.03. The van der Waals surface area contributed by atoms with Gasteiger partial charge in [0.15, 0.2) is 0 Å². The molecule has 0 radical (unpaired) electrons. The zero-order chi connectivity index (χ0) is 13.4. The van der Waals surface area contributed by atoms with Crippen LogP contribution in [-0.4, -0.2) is 0 Å². The van der Waals surface area contributed by atoms with Crippen LogP contribution in [0.15, 0.2) is 48.5 Å². The molecule has 1 heteroatoms. The molecule has 0 aromatic heterocycles. The van der Waals surface area contributed by atoms with Crippen molar-refractivity contribution in [3.8, 4) is 17.2 Å². The Morgan fingerprint density at radius 3 is 1.72 bits per heavy atom. The molecule has 92 valence electrons. The van der Waals surface area contributed by atoms with Gasteiger partial charge in [0, 0.05) is 0 Å². The lowest BCUT2D eigenvalue weighted by atomic mass is 10.0. The highest BCUT2D eigenvalue weighted by Gasteiger charge is 1.97. The predicted octanol–water partition coefficient (Wildman–Crippen LogP) is 4.75. The van der Waals surface area contributed by atoms with Crippen LogP contribution in [0.2, 0.25) is 0 Å². The van der Waals surface area contributed by atoms with Gasteiger partial charge in [0.25, 0.3) is 0 Å². The van der Waals surface area contributed by atoms with E-state index in [-0.39, 0.29) is 0 Å². The Balaban J connectivity index is 0.000000771. The largest absolute Gasteiger partial charge is 0.198 e. The molecule has 0 fully saturated rings. The molecule has 2 aromatic carbocycles. The average molecular weight is 237 g/mol. The normalized spacial score (nSPS) is 9.00. The fourth-order valence-electron chi connectivity index (χ4n) is 1.65. The van der Waals surface area contributed by atoms with E-state index in [1.54, 1.807) is 0 Å². The van der Waals surface area contributed by atoms with Gasteiger partial charge >= 0.3 is 0 Å². The predicted molar refractivity (Wildman–Crippen MR) is 77.3 cm³/mol. The summed E-state index contributed by atoms with van der Waals surface area (Å²) >= 11 is 0. The van der Waals surface area contributed by atoms with Gasteiger partial charge in [0.1, 0.15) is 0 Å². The summed E-state index contributed by atoms with van der Waals surface area (Å²) < 4.78 is 0. The van der Waals surface area contributed by atoms with Crippen molar-refractivity contribution in [2.45, 2.75) is 27.2 Å². The van der Waals surface area contributed by atoms with Crippen molar-refractivity contribution < 1.29 is 0 Å². The molecule has 0 spiro atoms. The first-order valence-corrected chi connectivity index (χ1v) is 6.32. The second kappa shape index (κ2) is 7.29. The monoisotopic (exact) mass is 237 g/mol. The van der Waals surface area contributed by atoms with E-state index in [0.29, 0.717) is 6.42 Å². The SMILES string of the molecule is CC.Cc1ccc(-c2ccc(CC#N)cc2)cc1. The van der Waals surface area contributed by atoms with Crippen LogP contribution in [0, 0.1) is 18.3 Å². The molecule has 2 aromatic rings. The Morgan fingerprint density at radius 2 is 1.28 bits per heavy atom. The molecule has 18 heavy (non-hydrogen) atoms. The minimum Gasteiger partial charge on any atom is -0.198 e. The molecule has 0 aliphatic carbocycles. The molecule has 0 saturated heterocycles. The molecule has 1 nitrogen and oxygen atoms in total. The molecule has 0 aliphatic rings. The first kappa shape index (κ1) is 14.0. The van der Waals surface area contributed by atoms with E-state index in [4.69, 9.17) is 5.26 Å². The Hall–Kier alpha value is -2.07. The molecule has 0 bridgehead atoms. The van der Waals surface area contributed by atoms with Gasteiger partial charge in [-0.1, -0.05) is 67.9 Å². The van der Waals surface area contributed by atoms with E-state index >= 15 is 0 Å². The Bertz CT molecular complexity index is 501. The molecular formula is C17H19N. The van der Waals surface area contributed by atoms with Crippen LogP contribution >= 0.6 is 0 Å². The van der Waals surface area contributed by atoms with Crippen LogP contribution in [0.1, 0.15) is 25.0 Å². The molecule has 0 aliphatic heterocycles. The molecule has 0 saturated carbocycles. The third kappa shape index (κ3) is 3.75. The van der Waals surface area contributed by atoms with E-state index in [1.807, 2.05) is 26.0 Å². The number of benzene rings is 2. The average Bonchev–Trinajstić information content (AvgIpc) is 2.43. The summed E-state index contributed by atoms with van der Waals surface area (Å²) in [6, 6.07) is 18.8. The fraction of sp³-hybridized carbons (Fsp3) is 0.235. The van der Waals surface area contributed by atoms with Gasteiger partial charge in [-0.3, -0.25) is 0 Å². The summed E-state index contributed by atoms with van der Waals surface area (Å²) in [4.78, 5) is 0. The number of hydrogen-bond acceptors (Lipinski definition) is 1. The smallest absolute Gasteiger partial charge is 0.0669 e. The van der Waals surface area contributed by atoms with Crippen molar-refractivity contribution in [2.75, 3.05) is 0 Å². The maximum absolute atomic E-state index is 8.59. The van der Waals surface area contributed by atoms with E-state index in [2.05, 4.69) is 49.4 Å². The Kier molecular flexibility index (Phi) is 5.67. The van der Waals surface area contributed by atoms with Crippen LogP contribution < -0.4 is 0 Å². The topological polar surface area (TPSA) is 23.8 Å². The van der Waals surface area contributed by atoms with E-state index < -0.39 is 0 Å². The zero-order valence-corrected chi connectivity index (χ0v) is 11.3. The van der Waals surface area contributed by atoms with Crippen molar-refractivity contribution in [3.05, 3.63) is 59.7 Å². The van der Waals surface area contributed by atoms with Crippen molar-refractivity contribution in [1.29, 1.82) is 5.26 Å². The maximum atomic E-state index is 8.59. The van der Waals surface area contributed by atoms with Gasteiger partial charge in [-0.15, -0.1) is 0 Å². The lowest BCUT2D eigenvalue weighted by molar-refractivity contribution is 1.26. The molecule has 0 heterocycles. The molecular weight excluding hydrogens is 218 g/mol. The number of nitrogens with zero attached hydrogens (tertiary/aromatic N) is 1. The van der Waals surface area contributed by atoms with Crippen molar-refractivity contribution in [2.24, 2.45) is 0 Å². The summed E-state index contributed by atoms with van der Waals surface area (Å²) in [5.74, 6) is 0. The highest BCUT2D eigenvalue weighted by Crippen LogP contribution is 2.20. The molecule has 0 unspecified atom stereocenters. The van der Waals surface area contributed by atoms with Gasteiger partial charge in [-0.25, -0.2) is 0 Å². The summed E-state index contributed by atoms with van der Waals surface area (Å²) in [6.45, 7) is 6.08. The van der Waals surface area contributed by atoms with Crippen LogP contribution in [0.5, 0.6) is 0 Å². The van der Waals surface area contributed by atoms with Gasteiger partial charge < -0.3 is 0 Å². The summed E-state index contributed by atoms with van der Waals surface area (Å²) in [5, 5.41) is 8.59. The first-order valence-electron chi connectivity index (χ1n) is 6.32. The van der Waals surface area contributed by atoms with Gasteiger partial charge in [0.2, 0.25) is 0 Å². The minimum absolute atomic E-state index is 0.480. The maximum Gasteiger partial charge on any atom is 0.0669 e. The first-order chi connectivity index (χ1) is 8.79. The summed E-state index contributed by atoms with van der Waals surface area (Å²) in [7, 11) is 0. The highest BCUT2D eigenvalue weighted by molar-refractivity contribution is 5.63. The highest BCUT2D eigenvalue weighted by atomic mass is 14.2. The van der Waals surface area contributed by atoms with Crippen molar-refractivity contribution >= 4 is 0 Å². The molecule has 0 atom stereocenters. The number of aryl methyl sites for hydroxylation is 1. The van der Waals surface area contributed by atoms with Gasteiger partial charge in [0.05, 0.1) is 12.5 Å². The Labute approximate surface area is 110 Å². The van der Waals surface area contributed by atoms with Gasteiger partial charge in [-0.05, 0) is 23.6 Å². The lowest BCUT2D eigenvalue weighted by Crippen LogP contribution is -1.82. The molecule has 0 amide bonds. The van der Waals surface area contributed by atoms with Crippen LogP contribution in [0.4, 0.5) is 0 Å².